The molecule has 1 aliphatic rings. The highest BCUT2D eigenvalue weighted by Crippen LogP contribution is 2.41. The first-order valence-corrected chi connectivity index (χ1v) is 6.47. The molecule has 0 nitrogen and oxygen atoms in total. The maximum absolute atomic E-state index is 2.38. The van der Waals surface area contributed by atoms with E-state index in [9.17, 15) is 0 Å². The molecule has 0 aromatic rings. The Morgan fingerprint density at radius 2 is 2.00 bits per heavy atom. The number of hydrogen-bond acceptors (Lipinski definition) is 1. The van der Waals surface area contributed by atoms with Gasteiger partial charge < -0.3 is 0 Å². The van der Waals surface area contributed by atoms with Crippen molar-refractivity contribution in [3.05, 3.63) is 0 Å². The molecule has 0 bridgehead atoms. The van der Waals surface area contributed by atoms with Crippen LogP contribution in [0.5, 0.6) is 0 Å². The fourth-order valence-electron chi connectivity index (χ4n) is 0.505. The molecule has 1 rings (SSSR count). The molecule has 1 aliphatic heterocycles. The van der Waals surface area contributed by atoms with Gasteiger partial charge in [-0.1, -0.05) is 21.8 Å². The van der Waals surface area contributed by atoms with E-state index in [0.717, 1.165) is 0 Å². The molecule has 1 fully saturated rings. The van der Waals surface area contributed by atoms with Crippen LogP contribution in [-0.2, 0) is 0 Å². The van der Waals surface area contributed by atoms with Crippen LogP contribution in [0.3, 0.4) is 0 Å². The van der Waals surface area contributed by atoms with Crippen molar-refractivity contribution in [1.29, 1.82) is 0 Å². The topological polar surface area (TPSA) is 0 Å². The standard InChI is InChI=1S/C4H9PS.C2H6/c1-5-2-3-6-4-5;1-2/h2-4H2,1H3;1-2H3. The lowest BCUT2D eigenvalue weighted by molar-refractivity contribution is 1.50. The van der Waals surface area contributed by atoms with Crippen LogP contribution in [0.25, 0.3) is 0 Å². The molecule has 0 aromatic heterocycles. The van der Waals surface area contributed by atoms with Crippen LogP contribution in [0.2, 0.25) is 0 Å². The fourth-order valence-corrected chi connectivity index (χ4v) is 4.55. The Hall–Kier alpha value is 0.780. The minimum atomic E-state index is 0.498. The summed E-state index contributed by atoms with van der Waals surface area (Å²) >= 11 is 2.11. The first kappa shape index (κ1) is 8.78. The quantitative estimate of drug-likeness (QED) is 0.478. The van der Waals surface area contributed by atoms with Gasteiger partial charge in [-0.05, 0) is 18.6 Å². The fraction of sp³-hybridized carbons (Fsp3) is 1.00. The van der Waals surface area contributed by atoms with Gasteiger partial charge in [0.05, 0.1) is 0 Å². The molecule has 1 atom stereocenters. The molecule has 0 radical (unpaired) electrons. The summed E-state index contributed by atoms with van der Waals surface area (Å²) in [6.07, 6.45) is 1.51. The van der Waals surface area contributed by atoms with E-state index in [2.05, 4.69) is 18.4 Å². The number of rotatable bonds is 0. The van der Waals surface area contributed by atoms with E-state index < -0.39 is 0 Å². The maximum Gasteiger partial charge on any atom is 0.0134 e. The minimum absolute atomic E-state index is 0.498. The van der Waals surface area contributed by atoms with E-state index in [4.69, 9.17) is 0 Å². The molecule has 0 N–H and O–H groups in total. The second-order valence-electron chi connectivity index (χ2n) is 1.62. The second-order valence-corrected chi connectivity index (χ2v) is 5.63. The third-order valence-corrected chi connectivity index (χ3v) is 5.20. The molecular formula is C6H15PS. The van der Waals surface area contributed by atoms with E-state index in [-0.39, 0.29) is 0 Å². The third kappa shape index (κ3) is 3.74. The Labute approximate surface area is 58.2 Å². The zero-order valence-electron chi connectivity index (χ0n) is 5.98. The van der Waals surface area contributed by atoms with Gasteiger partial charge in [0.1, 0.15) is 0 Å². The van der Waals surface area contributed by atoms with E-state index >= 15 is 0 Å². The SMILES string of the molecule is CC.CP1CCSC1. The van der Waals surface area contributed by atoms with Gasteiger partial charge in [-0.2, -0.15) is 11.8 Å². The summed E-state index contributed by atoms with van der Waals surface area (Å²) in [6, 6.07) is 0. The highest BCUT2D eigenvalue weighted by molar-refractivity contribution is 8.06. The second kappa shape index (κ2) is 5.91. The lowest BCUT2D eigenvalue weighted by Crippen LogP contribution is -1.70. The summed E-state index contributed by atoms with van der Waals surface area (Å²) < 4.78 is 0. The van der Waals surface area contributed by atoms with Crippen molar-refractivity contribution < 1.29 is 0 Å². The summed E-state index contributed by atoms with van der Waals surface area (Å²) in [5.41, 5.74) is 1.47. The predicted molar refractivity (Wildman–Crippen MR) is 46.4 cm³/mol. The number of hydrogen-bond donors (Lipinski definition) is 0. The lowest BCUT2D eigenvalue weighted by atomic mass is 11.0. The van der Waals surface area contributed by atoms with Gasteiger partial charge in [-0.25, -0.2) is 0 Å². The molecule has 0 saturated carbocycles. The van der Waals surface area contributed by atoms with Gasteiger partial charge >= 0.3 is 0 Å². The van der Waals surface area contributed by atoms with Gasteiger partial charge in [-0.15, -0.1) is 0 Å². The number of thioether (sulfide) groups is 1. The summed E-state index contributed by atoms with van der Waals surface area (Å²) in [6.45, 7) is 6.38. The summed E-state index contributed by atoms with van der Waals surface area (Å²) in [7, 11) is 0.498. The van der Waals surface area contributed by atoms with E-state index in [1.165, 1.54) is 17.4 Å². The van der Waals surface area contributed by atoms with Crippen LogP contribution in [0.15, 0.2) is 0 Å². The van der Waals surface area contributed by atoms with Gasteiger partial charge in [-0.3, -0.25) is 0 Å². The Kier molecular flexibility index (Phi) is 6.48. The predicted octanol–water partition coefficient (Wildman–Crippen LogP) is 2.83. The maximum atomic E-state index is 2.38. The zero-order valence-corrected chi connectivity index (χ0v) is 7.69. The smallest absolute Gasteiger partial charge is 0.0134 e. The largest absolute Gasteiger partial charge is 0.157 e. The van der Waals surface area contributed by atoms with Crippen molar-refractivity contribution in [2.75, 3.05) is 24.1 Å². The van der Waals surface area contributed by atoms with Crippen molar-refractivity contribution in [2.24, 2.45) is 0 Å². The first-order valence-electron chi connectivity index (χ1n) is 3.16. The monoisotopic (exact) mass is 150 g/mol. The molecule has 0 amide bonds. The molecule has 1 heterocycles. The zero-order chi connectivity index (χ0) is 6.41. The van der Waals surface area contributed by atoms with Crippen LogP contribution >= 0.6 is 19.7 Å². The Bertz CT molecular complexity index is 41.8. The van der Waals surface area contributed by atoms with E-state index in [0.29, 0.717) is 7.92 Å². The minimum Gasteiger partial charge on any atom is -0.157 e. The highest BCUT2D eigenvalue weighted by atomic mass is 32.2. The molecule has 1 saturated heterocycles. The van der Waals surface area contributed by atoms with Gasteiger partial charge in [0.15, 0.2) is 0 Å². The van der Waals surface area contributed by atoms with E-state index in [1.54, 1.807) is 0 Å². The molecule has 0 aliphatic carbocycles. The van der Waals surface area contributed by atoms with Gasteiger partial charge in [0.25, 0.3) is 0 Å². The van der Waals surface area contributed by atoms with Crippen LogP contribution < -0.4 is 0 Å². The first-order chi connectivity index (χ1) is 3.89. The van der Waals surface area contributed by atoms with Crippen LogP contribution in [0.4, 0.5) is 0 Å². The summed E-state index contributed by atoms with van der Waals surface area (Å²) in [5, 5.41) is 0. The van der Waals surface area contributed by atoms with Crippen LogP contribution in [-0.4, -0.2) is 24.1 Å². The Morgan fingerprint density at radius 1 is 1.38 bits per heavy atom. The average Bonchev–Trinajstić information content (AvgIpc) is 2.24. The van der Waals surface area contributed by atoms with Gasteiger partial charge in [0.2, 0.25) is 0 Å². The molecule has 0 aromatic carbocycles. The average molecular weight is 150 g/mol. The van der Waals surface area contributed by atoms with Crippen molar-refractivity contribution in [2.45, 2.75) is 13.8 Å². The van der Waals surface area contributed by atoms with Gasteiger partial charge in [0, 0.05) is 5.49 Å². The van der Waals surface area contributed by atoms with E-state index in [1.807, 2.05) is 13.8 Å². The molecule has 1 unspecified atom stereocenters. The molecule has 0 spiro atoms. The van der Waals surface area contributed by atoms with Crippen molar-refractivity contribution in [1.82, 2.24) is 0 Å². The van der Waals surface area contributed by atoms with Crippen molar-refractivity contribution in [3.8, 4) is 0 Å². The Morgan fingerprint density at radius 3 is 2.12 bits per heavy atom. The third-order valence-electron chi connectivity index (χ3n) is 0.929. The molecular weight excluding hydrogens is 135 g/mol. The Balaban J connectivity index is 0.000000222. The normalized spacial score (nSPS) is 26.6. The highest BCUT2D eigenvalue weighted by Gasteiger charge is 2.06. The summed E-state index contributed by atoms with van der Waals surface area (Å²) in [4.78, 5) is 0. The summed E-state index contributed by atoms with van der Waals surface area (Å²) in [5.74, 6) is 1.43. The molecule has 8 heavy (non-hydrogen) atoms. The van der Waals surface area contributed by atoms with Crippen molar-refractivity contribution in [3.63, 3.8) is 0 Å². The van der Waals surface area contributed by atoms with Crippen LogP contribution in [0, 0.1) is 0 Å². The molecule has 50 valence electrons. The lowest BCUT2D eigenvalue weighted by Gasteiger charge is -1.92. The van der Waals surface area contributed by atoms with Crippen LogP contribution in [0.1, 0.15) is 13.8 Å². The molecule has 2 heteroatoms. The van der Waals surface area contributed by atoms with Crippen molar-refractivity contribution >= 4 is 19.7 Å².